The molecule has 0 spiro atoms. The van der Waals surface area contributed by atoms with Crippen molar-refractivity contribution in [3.8, 4) is 0 Å². The molecule has 0 radical (unpaired) electrons. The Labute approximate surface area is 128 Å². The third-order valence-electron chi connectivity index (χ3n) is 2.91. The molecule has 2 amide bonds. The van der Waals surface area contributed by atoms with Crippen molar-refractivity contribution in [3.05, 3.63) is 41.5 Å². The van der Waals surface area contributed by atoms with Crippen LogP contribution in [0.25, 0.3) is 5.70 Å². The summed E-state index contributed by atoms with van der Waals surface area (Å²) < 4.78 is 9.83. The lowest BCUT2D eigenvalue weighted by molar-refractivity contribution is -0.134. The molecular formula is C16H17NO5. The molecule has 6 heteroatoms. The number of imide groups is 1. The summed E-state index contributed by atoms with van der Waals surface area (Å²) >= 11 is 0. The van der Waals surface area contributed by atoms with Crippen molar-refractivity contribution < 1.29 is 23.9 Å². The fraction of sp³-hybridized carbons (Fsp3) is 0.312. The third kappa shape index (κ3) is 3.00. The highest BCUT2D eigenvalue weighted by molar-refractivity contribution is 6.18. The Bertz CT molecular complexity index is 669. The molecule has 1 aromatic carbocycles. The molecular weight excluding hydrogens is 286 g/mol. The summed E-state index contributed by atoms with van der Waals surface area (Å²) in [5.41, 5.74) is 0.219. The monoisotopic (exact) mass is 303 g/mol. The lowest BCUT2D eigenvalue weighted by Crippen LogP contribution is -2.36. The van der Waals surface area contributed by atoms with Crippen LogP contribution < -0.4 is 0 Å². The molecule has 0 N–H and O–H groups in total. The van der Waals surface area contributed by atoms with E-state index >= 15 is 0 Å². The van der Waals surface area contributed by atoms with Gasteiger partial charge < -0.3 is 9.47 Å². The first-order valence-electron chi connectivity index (χ1n) is 6.71. The normalized spacial score (nSPS) is 15.7. The number of carbonyl (C=O) groups excluding carboxylic acids is 3. The number of ether oxygens (including phenoxy) is 2. The minimum Gasteiger partial charge on any atom is -0.466 e. The van der Waals surface area contributed by atoms with Crippen molar-refractivity contribution in [2.75, 3.05) is 7.11 Å². The topological polar surface area (TPSA) is 72.9 Å². The van der Waals surface area contributed by atoms with Crippen LogP contribution in [0.2, 0.25) is 0 Å². The Morgan fingerprint density at radius 1 is 1.14 bits per heavy atom. The molecule has 0 saturated carbocycles. The third-order valence-corrected chi connectivity index (χ3v) is 2.91. The van der Waals surface area contributed by atoms with Gasteiger partial charge in [0.1, 0.15) is 5.60 Å². The van der Waals surface area contributed by atoms with Gasteiger partial charge in [0.15, 0.2) is 0 Å². The predicted octanol–water partition coefficient (Wildman–Crippen LogP) is 2.59. The molecule has 1 heterocycles. The molecule has 1 aromatic rings. The highest BCUT2D eigenvalue weighted by Crippen LogP contribution is 2.33. The van der Waals surface area contributed by atoms with E-state index in [0.717, 1.165) is 11.0 Å². The molecule has 0 aliphatic carbocycles. The van der Waals surface area contributed by atoms with Gasteiger partial charge in [-0.2, -0.15) is 0 Å². The summed E-state index contributed by atoms with van der Waals surface area (Å²) in [6.07, 6.45) is 0.275. The summed E-state index contributed by atoms with van der Waals surface area (Å²) in [6.45, 7) is 5.09. The van der Waals surface area contributed by atoms with E-state index in [2.05, 4.69) is 4.74 Å². The number of amides is 2. The van der Waals surface area contributed by atoms with Gasteiger partial charge in [-0.25, -0.2) is 14.5 Å². The number of methoxy groups -OCH3 is 1. The smallest absolute Gasteiger partial charge is 0.422 e. The van der Waals surface area contributed by atoms with Gasteiger partial charge in [-0.1, -0.05) is 18.2 Å². The van der Waals surface area contributed by atoms with E-state index in [0.29, 0.717) is 11.1 Å². The number of esters is 1. The van der Waals surface area contributed by atoms with Crippen molar-refractivity contribution in [1.29, 1.82) is 0 Å². The van der Waals surface area contributed by atoms with E-state index < -0.39 is 23.6 Å². The Hall–Kier alpha value is -2.63. The molecule has 22 heavy (non-hydrogen) atoms. The van der Waals surface area contributed by atoms with E-state index in [1.165, 1.54) is 7.11 Å². The first-order valence-corrected chi connectivity index (χ1v) is 6.71. The van der Waals surface area contributed by atoms with E-state index in [-0.39, 0.29) is 5.70 Å². The maximum absolute atomic E-state index is 12.4. The number of carbonyl (C=O) groups is 3. The fourth-order valence-corrected chi connectivity index (χ4v) is 2.04. The molecule has 6 nitrogen and oxygen atoms in total. The van der Waals surface area contributed by atoms with Gasteiger partial charge in [0.25, 0.3) is 5.91 Å². The van der Waals surface area contributed by atoms with Crippen molar-refractivity contribution >= 4 is 23.7 Å². The second kappa shape index (κ2) is 5.63. The van der Waals surface area contributed by atoms with Crippen LogP contribution in [0, 0.1) is 0 Å². The van der Waals surface area contributed by atoms with Crippen LogP contribution in [0.5, 0.6) is 0 Å². The van der Waals surface area contributed by atoms with Gasteiger partial charge in [-0.3, -0.25) is 4.79 Å². The Kier molecular flexibility index (Phi) is 4.03. The number of hydrogen-bond acceptors (Lipinski definition) is 5. The molecule has 0 saturated heterocycles. The average Bonchev–Trinajstić information content (AvgIpc) is 2.70. The molecule has 0 fully saturated rings. The van der Waals surface area contributed by atoms with Crippen molar-refractivity contribution in [1.82, 2.24) is 4.90 Å². The predicted molar refractivity (Wildman–Crippen MR) is 78.8 cm³/mol. The molecule has 116 valence electrons. The lowest BCUT2D eigenvalue weighted by Gasteiger charge is -2.24. The molecule has 0 aromatic heterocycles. The zero-order valence-electron chi connectivity index (χ0n) is 12.9. The maximum Gasteiger partial charge on any atom is 0.422 e. The molecule has 0 unspecified atom stereocenters. The number of hydrogen-bond donors (Lipinski definition) is 0. The average molecular weight is 303 g/mol. The number of nitrogens with zero attached hydrogens (tertiary/aromatic N) is 1. The van der Waals surface area contributed by atoms with Crippen molar-refractivity contribution in [3.63, 3.8) is 0 Å². The second-order valence-electron chi connectivity index (χ2n) is 5.72. The lowest BCUT2D eigenvalue weighted by atomic mass is 10.1. The molecule has 2 rings (SSSR count). The quantitative estimate of drug-likeness (QED) is 0.589. The van der Waals surface area contributed by atoms with Gasteiger partial charge in [0.05, 0.1) is 12.8 Å². The van der Waals surface area contributed by atoms with E-state index in [1.54, 1.807) is 45.0 Å². The van der Waals surface area contributed by atoms with Crippen LogP contribution in [0.4, 0.5) is 4.79 Å². The highest BCUT2D eigenvalue weighted by Gasteiger charge is 2.39. The minimum atomic E-state index is -0.830. The minimum absolute atomic E-state index is 0.154. The standard InChI is InChI=1S/C16H17NO5/c1-16(2,3)22-15(20)17-12(9-13(18)21-4)10-7-5-6-8-11(10)14(17)19/h5-9H,1-4H3. The SMILES string of the molecule is COC(=O)C=C1c2ccccc2C(=O)N1C(=O)OC(C)(C)C. The van der Waals surface area contributed by atoms with Gasteiger partial charge in [-0.05, 0) is 26.8 Å². The second-order valence-corrected chi connectivity index (χ2v) is 5.72. The zero-order chi connectivity index (χ0) is 16.5. The van der Waals surface area contributed by atoms with Crippen LogP contribution >= 0.6 is 0 Å². The zero-order valence-corrected chi connectivity index (χ0v) is 12.9. The molecule has 0 bridgehead atoms. The van der Waals surface area contributed by atoms with Crippen LogP contribution in [-0.4, -0.2) is 35.6 Å². The molecule has 0 atom stereocenters. The number of fused-ring (bicyclic) bond motifs is 1. The van der Waals surface area contributed by atoms with Crippen LogP contribution in [0.15, 0.2) is 30.3 Å². The van der Waals surface area contributed by atoms with Gasteiger partial charge in [-0.15, -0.1) is 0 Å². The van der Waals surface area contributed by atoms with E-state index in [1.807, 2.05) is 0 Å². The number of rotatable bonds is 1. The van der Waals surface area contributed by atoms with Gasteiger partial charge >= 0.3 is 12.1 Å². The van der Waals surface area contributed by atoms with Crippen LogP contribution in [0.1, 0.15) is 36.7 Å². The van der Waals surface area contributed by atoms with Crippen molar-refractivity contribution in [2.45, 2.75) is 26.4 Å². The highest BCUT2D eigenvalue weighted by atomic mass is 16.6. The first-order chi connectivity index (χ1) is 10.2. The Morgan fingerprint density at radius 2 is 1.73 bits per heavy atom. The molecule has 1 aliphatic heterocycles. The maximum atomic E-state index is 12.4. The summed E-state index contributed by atoms with van der Waals surface area (Å²) in [7, 11) is 1.22. The van der Waals surface area contributed by atoms with E-state index in [9.17, 15) is 14.4 Å². The Balaban J connectivity index is 2.49. The summed E-state index contributed by atoms with van der Waals surface area (Å²) in [6, 6.07) is 6.65. The number of benzene rings is 1. The summed E-state index contributed by atoms with van der Waals surface area (Å²) in [4.78, 5) is 37.1. The molecule has 1 aliphatic rings. The summed E-state index contributed by atoms with van der Waals surface area (Å²) in [5.74, 6) is -1.19. The first kappa shape index (κ1) is 15.8. The van der Waals surface area contributed by atoms with E-state index in [4.69, 9.17) is 4.74 Å². The van der Waals surface area contributed by atoms with Gasteiger partial charge in [0, 0.05) is 17.2 Å². The van der Waals surface area contributed by atoms with Crippen molar-refractivity contribution in [2.24, 2.45) is 0 Å². The fourth-order valence-electron chi connectivity index (χ4n) is 2.04. The van der Waals surface area contributed by atoms with Gasteiger partial charge in [0.2, 0.25) is 0 Å². The Morgan fingerprint density at radius 3 is 2.27 bits per heavy atom. The summed E-state index contributed by atoms with van der Waals surface area (Å²) in [5, 5.41) is 0. The van der Waals surface area contributed by atoms with Crippen LogP contribution in [0.3, 0.4) is 0 Å². The largest absolute Gasteiger partial charge is 0.466 e. The van der Waals surface area contributed by atoms with Crippen LogP contribution in [-0.2, 0) is 14.3 Å².